The first kappa shape index (κ1) is 14.8. The molecule has 0 bridgehead atoms. The number of amides is 1. The largest absolute Gasteiger partial charge is 0.348 e. The molecule has 1 aromatic heterocycles. The Labute approximate surface area is 130 Å². The lowest BCUT2D eigenvalue weighted by Gasteiger charge is -2.23. The standard InChI is InChI=1S/C17H22N4O/c1-2-16-15(17(22)20-13-7-6-10-18-11-13)12-19-21(16)14-8-4-3-5-9-14/h3-5,8-9,12-13,18H,2,6-7,10-11H2,1H3,(H,20,22)/t13-/m0/s1. The van der Waals surface area contributed by atoms with E-state index in [0.717, 1.165) is 43.7 Å². The minimum Gasteiger partial charge on any atom is -0.348 e. The molecule has 3 rings (SSSR count). The Hall–Kier alpha value is -2.14. The number of carbonyl (C=O) groups excluding carboxylic acids is 1. The third-order valence-electron chi connectivity index (χ3n) is 4.08. The van der Waals surface area contributed by atoms with Gasteiger partial charge in [-0.3, -0.25) is 4.79 Å². The third-order valence-corrected chi connectivity index (χ3v) is 4.08. The highest BCUT2D eigenvalue weighted by Crippen LogP contribution is 2.16. The van der Waals surface area contributed by atoms with E-state index in [9.17, 15) is 4.79 Å². The molecule has 0 spiro atoms. The van der Waals surface area contributed by atoms with E-state index in [1.165, 1.54) is 0 Å². The van der Waals surface area contributed by atoms with E-state index >= 15 is 0 Å². The van der Waals surface area contributed by atoms with Gasteiger partial charge in [0.05, 0.1) is 23.1 Å². The summed E-state index contributed by atoms with van der Waals surface area (Å²) in [5.74, 6) is -0.0206. The molecule has 1 aromatic carbocycles. The summed E-state index contributed by atoms with van der Waals surface area (Å²) in [6, 6.07) is 10.1. The van der Waals surface area contributed by atoms with Gasteiger partial charge in [0.15, 0.2) is 0 Å². The van der Waals surface area contributed by atoms with Crippen LogP contribution in [0.3, 0.4) is 0 Å². The molecule has 2 aromatic rings. The Morgan fingerprint density at radius 2 is 2.23 bits per heavy atom. The van der Waals surface area contributed by atoms with Crippen LogP contribution in [0.4, 0.5) is 0 Å². The molecule has 0 unspecified atom stereocenters. The highest BCUT2D eigenvalue weighted by Gasteiger charge is 2.21. The highest BCUT2D eigenvalue weighted by atomic mass is 16.1. The Kier molecular flexibility index (Phi) is 4.53. The van der Waals surface area contributed by atoms with Gasteiger partial charge in [0.25, 0.3) is 5.91 Å². The number of para-hydroxylation sites is 1. The van der Waals surface area contributed by atoms with Crippen molar-refractivity contribution in [3.8, 4) is 5.69 Å². The van der Waals surface area contributed by atoms with Crippen LogP contribution in [0, 0.1) is 0 Å². The van der Waals surface area contributed by atoms with Gasteiger partial charge < -0.3 is 10.6 Å². The average molecular weight is 298 g/mol. The lowest BCUT2D eigenvalue weighted by Crippen LogP contribution is -2.45. The van der Waals surface area contributed by atoms with Crippen LogP contribution in [-0.2, 0) is 6.42 Å². The van der Waals surface area contributed by atoms with Crippen molar-refractivity contribution < 1.29 is 4.79 Å². The maximum atomic E-state index is 12.5. The van der Waals surface area contributed by atoms with E-state index in [-0.39, 0.29) is 11.9 Å². The van der Waals surface area contributed by atoms with E-state index in [0.29, 0.717) is 5.56 Å². The second-order valence-electron chi connectivity index (χ2n) is 5.62. The predicted octanol–water partition coefficient (Wildman–Crippen LogP) is 1.92. The van der Waals surface area contributed by atoms with Gasteiger partial charge in [0.1, 0.15) is 0 Å². The Bertz CT molecular complexity index is 629. The summed E-state index contributed by atoms with van der Waals surface area (Å²) < 4.78 is 1.86. The quantitative estimate of drug-likeness (QED) is 0.906. The molecule has 0 aliphatic carbocycles. The fourth-order valence-corrected chi connectivity index (χ4v) is 2.93. The van der Waals surface area contributed by atoms with Crippen LogP contribution >= 0.6 is 0 Å². The minimum atomic E-state index is -0.0206. The van der Waals surface area contributed by atoms with E-state index in [1.807, 2.05) is 35.0 Å². The molecular formula is C17H22N4O. The van der Waals surface area contributed by atoms with Crippen molar-refractivity contribution in [1.29, 1.82) is 0 Å². The Balaban J connectivity index is 1.82. The molecule has 5 nitrogen and oxygen atoms in total. The fraction of sp³-hybridized carbons (Fsp3) is 0.412. The van der Waals surface area contributed by atoms with E-state index in [2.05, 4.69) is 22.7 Å². The van der Waals surface area contributed by atoms with Crippen LogP contribution in [-0.4, -0.2) is 34.8 Å². The SMILES string of the molecule is CCc1c(C(=O)N[C@H]2CCCNC2)cnn1-c1ccccc1. The molecule has 1 aliphatic heterocycles. The molecule has 1 amide bonds. The smallest absolute Gasteiger partial charge is 0.255 e. The normalized spacial score (nSPS) is 18.1. The van der Waals surface area contributed by atoms with Crippen LogP contribution in [0.5, 0.6) is 0 Å². The number of aromatic nitrogens is 2. The number of hydrogen-bond donors (Lipinski definition) is 2. The van der Waals surface area contributed by atoms with Gasteiger partial charge in [-0.15, -0.1) is 0 Å². The monoisotopic (exact) mass is 298 g/mol. The van der Waals surface area contributed by atoms with Crippen LogP contribution in [0.15, 0.2) is 36.5 Å². The minimum absolute atomic E-state index is 0.0206. The van der Waals surface area contributed by atoms with E-state index < -0.39 is 0 Å². The van der Waals surface area contributed by atoms with Crippen molar-refractivity contribution in [1.82, 2.24) is 20.4 Å². The van der Waals surface area contributed by atoms with Crippen molar-refractivity contribution in [2.24, 2.45) is 0 Å². The number of benzene rings is 1. The summed E-state index contributed by atoms with van der Waals surface area (Å²) >= 11 is 0. The molecular weight excluding hydrogens is 276 g/mol. The Morgan fingerprint density at radius 1 is 1.41 bits per heavy atom. The molecule has 1 fully saturated rings. The molecule has 0 saturated carbocycles. The van der Waals surface area contributed by atoms with Crippen molar-refractivity contribution in [3.63, 3.8) is 0 Å². The molecule has 22 heavy (non-hydrogen) atoms. The summed E-state index contributed by atoms with van der Waals surface area (Å²) in [6.07, 6.45) is 4.58. The van der Waals surface area contributed by atoms with Gasteiger partial charge in [0, 0.05) is 12.6 Å². The number of piperidine rings is 1. The zero-order valence-electron chi connectivity index (χ0n) is 12.9. The molecule has 1 saturated heterocycles. The van der Waals surface area contributed by atoms with Crippen molar-refractivity contribution in [2.75, 3.05) is 13.1 Å². The van der Waals surface area contributed by atoms with Gasteiger partial charge in [-0.05, 0) is 37.9 Å². The van der Waals surface area contributed by atoms with E-state index in [4.69, 9.17) is 0 Å². The van der Waals surface area contributed by atoms with Crippen LogP contribution in [0.25, 0.3) is 5.69 Å². The van der Waals surface area contributed by atoms with Crippen LogP contribution in [0.2, 0.25) is 0 Å². The zero-order valence-corrected chi connectivity index (χ0v) is 12.9. The lowest BCUT2D eigenvalue weighted by molar-refractivity contribution is 0.0929. The third kappa shape index (κ3) is 3.04. The van der Waals surface area contributed by atoms with Crippen molar-refractivity contribution >= 4 is 5.91 Å². The van der Waals surface area contributed by atoms with Crippen molar-refractivity contribution in [3.05, 3.63) is 47.8 Å². The summed E-state index contributed by atoms with van der Waals surface area (Å²) in [6.45, 7) is 3.94. The number of nitrogens with one attached hydrogen (secondary N) is 2. The summed E-state index contributed by atoms with van der Waals surface area (Å²) in [5, 5.41) is 10.8. The van der Waals surface area contributed by atoms with Gasteiger partial charge >= 0.3 is 0 Å². The lowest BCUT2D eigenvalue weighted by atomic mass is 10.1. The molecule has 116 valence electrons. The average Bonchev–Trinajstić information content (AvgIpc) is 3.00. The van der Waals surface area contributed by atoms with Crippen LogP contribution < -0.4 is 10.6 Å². The van der Waals surface area contributed by atoms with E-state index in [1.54, 1.807) is 6.20 Å². The second-order valence-corrected chi connectivity index (χ2v) is 5.62. The first-order valence-electron chi connectivity index (χ1n) is 7.93. The fourth-order valence-electron chi connectivity index (χ4n) is 2.93. The number of carbonyl (C=O) groups is 1. The first-order valence-corrected chi connectivity index (χ1v) is 7.93. The summed E-state index contributed by atoms with van der Waals surface area (Å²) in [7, 11) is 0. The predicted molar refractivity (Wildman–Crippen MR) is 86.3 cm³/mol. The molecule has 1 atom stereocenters. The zero-order chi connectivity index (χ0) is 15.4. The molecule has 2 N–H and O–H groups in total. The number of rotatable bonds is 4. The summed E-state index contributed by atoms with van der Waals surface area (Å²) in [4.78, 5) is 12.5. The highest BCUT2D eigenvalue weighted by molar-refractivity contribution is 5.95. The molecule has 1 aliphatic rings. The number of hydrogen-bond acceptors (Lipinski definition) is 3. The second kappa shape index (κ2) is 6.75. The topological polar surface area (TPSA) is 59.0 Å². The molecule has 5 heteroatoms. The maximum absolute atomic E-state index is 12.5. The van der Waals surface area contributed by atoms with Gasteiger partial charge in [0.2, 0.25) is 0 Å². The first-order chi connectivity index (χ1) is 10.8. The van der Waals surface area contributed by atoms with Gasteiger partial charge in [-0.25, -0.2) is 4.68 Å². The maximum Gasteiger partial charge on any atom is 0.255 e. The van der Waals surface area contributed by atoms with Crippen molar-refractivity contribution in [2.45, 2.75) is 32.2 Å². The van der Waals surface area contributed by atoms with Gasteiger partial charge in [-0.2, -0.15) is 5.10 Å². The molecule has 0 radical (unpaired) electrons. The van der Waals surface area contributed by atoms with Crippen LogP contribution in [0.1, 0.15) is 35.8 Å². The summed E-state index contributed by atoms with van der Waals surface area (Å²) in [5.41, 5.74) is 2.61. The number of nitrogens with zero attached hydrogens (tertiary/aromatic N) is 2. The van der Waals surface area contributed by atoms with Gasteiger partial charge in [-0.1, -0.05) is 25.1 Å². The molecule has 2 heterocycles. The Morgan fingerprint density at radius 3 is 2.91 bits per heavy atom.